The van der Waals surface area contributed by atoms with Crippen LogP contribution in [-0.4, -0.2) is 11.8 Å². The van der Waals surface area contributed by atoms with E-state index in [1.807, 2.05) is 6.07 Å². The van der Waals surface area contributed by atoms with Gasteiger partial charge in [0.25, 0.3) is 0 Å². The van der Waals surface area contributed by atoms with Crippen LogP contribution in [-0.2, 0) is 11.3 Å². The average molecular weight is 182 g/mol. The minimum Gasteiger partial charge on any atom is -0.370 e. The summed E-state index contributed by atoms with van der Waals surface area (Å²) in [4.78, 5) is 0. The Balaban J connectivity index is 2.05. The summed E-state index contributed by atoms with van der Waals surface area (Å²) in [6, 6.07) is 1.88. The quantitative estimate of drug-likeness (QED) is 0.750. The van der Waals surface area contributed by atoms with E-state index < -0.39 is 0 Å². The summed E-state index contributed by atoms with van der Waals surface area (Å²) in [6.07, 6.45) is 3.47. The van der Waals surface area contributed by atoms with Gasteiger partial charge in [-0.25, -0.2) is 0 Å². The first-order valence-corrected chi connectivity index (χ1v) is 4.67. The molecule has 1 aromatic heterocycles. The van der Waals surface area contributed by atoms with E-state index in [2.05, 4.69) is 5.16 Å². The predicted octanol–water partition coefficient (Wildman–Crippen LogP) is 1.37. The Kier molecular flexibility index (Phi) is 2.61. The van der Waals surface area contributed by atoms with Crippen LogP contribution in [0.5, 0.6) is 0 Å². The van der Waals surface area contributed by atoms with Crippen LogP contribution in [0.1, 0.15) is 36.8 Å². The van der Waals surface area contributed by atoms with E-state index in [1.54, 1.807) is 0 Å². The summed E-state index contributed by atoms with van der Waals surface area (Å²) in [5, 5.41) is 3.83. The summed E-state index contributed by atoms with van der Waals surface area (Å²) in [6.45, 7) is 1.25. The van der Waals surface area contributed by atoms with E-state index in [0.29, 0.717) is 6.54 Å². The first-order valence-electron chi connectivity index (χ1n) is 4.67. The maximum Gasteiger partial charge on any atom is 0.165 e. The van der Waals surface area contributed by atoms with Crippen molar-refractivity contribution in [3.05, 3.63) is 17.5 Å². The molecular weight excluding hydrogens is 168 g/mol. The molecule has 1 aliphatic rings. The van der Waals surface area contributed by atoms with Crippen LogP contribution < -0.4 is 5.73 Å². The van der Waals surface area contributed by atoms with E-state index in [9.17, 15) is 0 Å². The van der Waals surface area contributed by atoms with Crippen molar-refractivity contribution in [2.24, 2.45) is 5.73 Å². The minimum atomic E-state index is 0.0987. The van der Waals surface area contributed by atoms with Gasteiger partial charge in [0.1, 0.15) is 6.10 Å². The summed E-state index contributed by atoms with van der Waals surface area (Å²) < 4.78 is 10.7. The summed E-state index contributed by atoms with van der Waals surface area (Å²) in [5.74, 6) is 0.820. The third kappa shape index (κ3) is 1.89. The molecule has 0 saturated carbocycles. The molecule has 1 fully saturated rings. The molecule has 4 heteroatoms. The molecule has 2 heterocycles. The molecule has 0 aliphatic carbocycles. The second-order valence-corrected chi connectivity index (χ2v) is 3.28. The second-order valence-electron chi connectivity index (χ2n) is 3.28. The highest BCUT2D eigenvalue weighted by molar-refractivity contribution is 5.07. The average Bonchev–Trinajstić information content (AvgIpc) is 2.67. The fraction of sp³-hybridized carbons (Fsp3) is 0.667. The zero-order valence-electron chi connectivity index (χ0n) is 7.53. The van der Waals surface area contributed by atoms with Gasteiger partial charge in [0.15, 0.2) is 5.76 Å². The van der Waals surface area contributed by atoms with Gasteiger partial charge >= 0.3 is 0 Å². The van der Waals surface area contributed by atoms with Crippen molar-refractivity contribution < 1.29 is 9.26 Å². The first-order chi connectivity index (χ1) is 6.40. The molecule has 1 aromatic rings. The predicted molar refractivity (Wildman–Crippen MR) is 46.9 cm³/mol. The van der Waals surface area contributed by atoms with Gasteiger partial charge in [0.05, 0.1) is 5.69 Å². The third-order valence-electron chi connectivity index (χ3n) is 2.28. The normalized spacial score (nSPS) is 23.3. The van der Waals surface area contributed by atoms with Crippen molar-refractivity contribution >= 4 is 0 Å². The fourth-order valence-electron chi connectivity index (χ4n) is 1.54. The van der Waals surface area contributed by atoms with Gasteiger partial charge in [-0.1, -0.05) is 5.16 Å². The largest absolute Gasteiger partial charge is 0.370 e. The smallest absolute Gasteiger partial charge is 0.165 e. The Morgan fingerprint density at radius 2 is 2.46 bits per heavy atom. The summed E-state index contributed by atoms with van der Waals surface area (Å²) >= 11 is 0. The van der Waals surface area contributed by atoms with E-state index >= 15 is 0 Å². The molecule has 0 aromatic carbocycles. The monoisotopic (exact) mass is 182 g/mol. The van der Waals surface area contributed by atoms with Gasteiger partial charge in [-0.2, -0.15) is 0 Å². The van der Waals surface area contributed by atoms with E-state index in [1.165, 1.54) is 6.42 Å². The highest BCUT2D eigenvalue weighted by Crippen LogP contribution is 2.27. The first kappa shape index (κ1) is 8.72. The van der Waals surface area contributed by atoms with Gasteiger partial charge in [0.2, 0.25) is 0 Å². The molecule has 1 unspecified atom stereocenters. The van der Waals surface area contributed by atoms with Crippen molar-refractivity contribution in [3.63, 3.8) is 0 Å². The number of nitrogens with two attached hydrogens (primary N) is 1. The standard InChI is InChI=1S/C9H14N2O2/c10-6-7-5-9(13-11-7)8-3-1-2-4-12-8/h5,8H,1-4,6,10H2. The van der Waals surface area contributed by atoms with Crippen LogP contribution in [0.4, 0.5) is 0 Å². The van der Waals surface area contributed by atoms with Crippen molar-refractivity contribution in [3.8, 4) is 0 Å². The number of hydrogen-bond donors (Lipinski definition) is 1. The van der Waals surface area contributed by atoms with E-state index in [4.69, 9.17) is 15.0 Å². The van der Waals surface area contributed by atoms with Crippen LogP contribution >= 0.6 is 0 Å². The second kappa shape index (κ2) is 3.89. The lowest BCUT2D eigenvalue weighted by Crippen LogP contribution is -2.10. The molecule has 2 N–H and O–H groups in total. The zero-order chi connectivity index (χ0) is 9.10. The Morgan fingerprint density at radius 3 is 3.08 bits per heavy atom. The number of aromatic nitrogens is 1. The molecule has 0 bridgehead atoms. The van der Waals surface area contributed by atoms with E-state index in [0.717, 1.165) is 30.9 Å². The number of nitrogens with zero attached hydrogens (tertiary/aromatic N) is 1. The van der Waals surface area contributed by atoms with Gasteiger partial charge in [-0.3, -0.25) is 0 Å². The Bertz CT molecular complexity index is 266. The van der Waals surface area contributed by atoms with Crippen molar-refractivity contribution in [2.45, 2.75) is 31.9 Å². The zero-order valence-corrected chi connectivity index (χ0v) is 7.53. The Hall–Kier alpha value is -0.870. The molecule has 13 heavy (non-hydrogen) atoms. The molecular formula is C9H14N2O2. The summed E-state index contributed by atoms with van der Waals surface area (Å²) in [5.41, 5.74) is 6.22. The van der Waals surface area contributed by atoms with Gasteiger partial charge in [0, 0.05) is 19.2 Å². The molecule has 0 amide bonds. The van der Waals surface area contributed by atoms with Crippen LogP contribution in [0.3, 0.4) is 0 Å². The Labute approximate surface area is 77.0 Å². The SMILES string of the molecule is NCc1cc(C2CCCCO2)on1. The molecule has 72 valence electrons. The van der Waals surface area contributed by atoms with Crippen LogP contribution in [0, 0.1) is 0 Å². The molecule has 0 spiro atoms. The number of rotatable bonds is 2. The topological polar surface area (TPSA) is 61.3 Å². The minimum absolute atomic E-state index is 0.0987. The van der Waals surface area contributed by atoms with Crippen molar-refractivity contribution in [2.75, 3.05) is 6.61 Å². The number of ether oxygens (including phenoxy) is 1. The van der Waals surface area contributed by atoms with E-state index in [-0.39, 0.29) is 6.10 Å². The summed E-state index contributed by atoms with van der Waals surface area (Å²) in [7, 11) is 0. The molecule has 0 radical (unpaired) electrons. The highest BCUT2D eigenvalue weighted by atomic mass is 16.5. The van der Waals surface area contributed by atoms with Crippen LogP contribution in [0.2, 0.25) is 0 Å². The van der Waals surface area contributed by atoms with Crippen molar-refractivity contribution in [1.29, 1.82) is 0 Å². The third-order valence-corrected chi connectivity index (χ3v) is 2.28. The van der Waals surface area contributed by atoms with Crippen LogP contribution in [0.25, 0.3) is 0 Å². The maximum absolute atomic E-state index is 5.55. The molecule has 1 atom stereocenters. The Morgan fingerprint density at radius 1 is 1.54 bits per heavy atom. The molecule has 1 saturated heterocycles. The van der Waals surface area contributed by atoms with Gasteiger partial charge in [-0.05, 0) is 19.3 Å². The van der Waals surface area contributed by atoms with Gasteiger partial charge in [-0.15, -0.1) is 0 Å². The molecule has 4 nitrogen and oxygen atoms in total. The van der Waals surface area contributed by atoms with Crippen LogP contribution in [0.15, 0.2) is 10.6 Å². The maximum atomic E-state index is 5.55. The molecule has 1 aliphatic heterocycles. The lowest BCUT2D eigenvalue weighted by Gasteiger charge is -2.19. The molecule has 2 rings (SSSR count). The highest BCUT2D eigenvalue weighted by Gasteiger charge is 2.20. The number of hydrogen-bond acceptors (Lipinski definition) is 4. The lowest BCUT2D eigenvalue weighted by molar-refractivity contribution is -0.00138. The van der Waals surface area contributed by atoms with Gasteiger partial charge < -0.3 is 15.0 Å². The lowest BCUT2D eigenvalue weighted by atomic mass is 10.1. The fourth-order valence-corrected chi connectivity index (χ4v) is 1.54. The van der Waals surface area contributed by atoms with Crippen molar-refractivity contribution in [1.82, 2.24) is 5.16 Å².